The van der Waals surface area contributed by atoms with Crippen LogP contribution in [0.25, 0.3) is 10.9 Å². The number of rotatable bonds is 7. The molecule has 2 aromatic rings. The van der Waals surface area contributed by atoms with Crippen molar-refractivity contribution in [2.75, 3.05) is 6.54 Å². The first kappa shape index (κ1) is 14.0. The molecule has 1 aromatic heterocycles. The summed E-state index contributed by atoms with van der Waals surface area (Å²) in [7, 11) is 0. The highest BCUT2D eigenvalue weighted by Gasteiger charge is 2.10. The third kappa shape index (κ3) is 3.57. The van der Waals surface area contributed by atoms with Gasteiger partial charge in [-0.15, -0.1) is 0 Å². The summed E-state index contributed by atoms with van der Waals surface area (Å²) in [4.78, 5) is 22.4. The molecule has 0 aliphatic heterocycles. The van der Waals surface area contributed by atoms with Crippen LogP contribution in [0, 0.1) is 0 Å². The zero-order valence-corrected chi connectivity index (χ0v) is 11.1. The van der Waals surface area contributed by atoms with E-state index < -0.39 is 5.97 Å². The molecule has 0 saturated heterocycles. The molecule has 0 fully saturated rings. The number of nitrogens with zero attached hydrogens (tertiary/aromatic N) is 1. The average molecular weight is 275 g/mol. The number of hydrogen-bond acceptors (Lipinski definition) is 3. The van der Waals surface area contributed by atoms with Gasteiger partial charge in [0.25, 0.3) is 5.91 Å². The number of aromatic amines is 1. The quantitative estimate of drug-likeness (QED) is 0.673. The van der Waals surface area contributed by atoms with Gasteiger partial charge in [-0.2, -0.15) is 5.10 Å². The van der Waals surface area contributed by atoms with Crippen molar-refractivity contribution in [2.24, 2.45) is 0 Å². The number of fused-ring (bicyclic) bond motifs is 1. The SMILES string of the molecule is O=C(O)CCCCCNC(=O)c1cccc2cn[nH]c12. The summed E-state index contributed by atoms with van der Waals surface area (Å²) in [5.41, 5.74) is 1.31. The molecule has 0 spiro atoms. The molecule has 0 atom stereocenters. The Bertz CT molecular complexity index is 606. The van der Waals surface area contributed by atoms with E-state index >= 15 is 0 Å². The molecule has 1 heterocycles. The maximum absolute atomic E-state index is 12.0. The minimum Gasteiger partial charge on any atom is -0.481 e. The Morgan fingerprint density at radius 3 is 2.90 bits per heavy atom. The number of H-pyrrole nitrogens is 1. The van der Waals surface area contributed by atoms with Crippen LogP contribution in [-0.4, -0.2) is 33.7 Å². The lowest BCUT2D eigenvalue weighted by molar-refractivity contribution is -0.137. The normalized spacial score (nSPS) is 10.6. The predicted octanol–water partition coefficient (Wildman–Crippen LogP) is 1.94. The number of carbonyl (C=O) groups excluding carboxylic acids is 1. The van der Waals surface area contributed by atoms with Crippen molar-refractivity contribution >= 4 is 22.8 Å². The summed E-state index contributed by atoms with van der Waals surface area (Å²) in [6.45, 7) is 0.545. The monoisotopic (exact) mass is 275 g/mol. The first-order chi connectivity index (χ1) is 9.68. The van der Waals surface area contributed by atoms with Gasteiger partial charge in [-0.05, 0) is 18.9 Å². The summed E-state index contributed by atoms with van der Waals surface area (Å²) >= 11 is 0. The van der Waals surface area contributed by atoms with Crippen LogP contribution in [0.15, 0.2) is 24.4 Å². The fraction of sp³-hybridized carbons (Fsp3) is 0.357. The number of para-hydroxylation sites is 1. The molecular weight excluding hydrogens is 258 g/mol. The van der Waals surface area contributed by atoms with Crippen LogP contribution in [0.5, 0.6) is 0 Å². The standard InChI is InChI=1S/C14H17N3O3/c18-12(19)7-2-1-3-8-15-14(20)11-6-4-5-10-9-16-17-13(10)11/h4-6,9H,1-3,7-8H2,(H,15,20)(H,16,17)(H,18,19). The zero-order chi connectivity index (χ0) is 14.4. The van der Waals surface area contributed by atoms with Crippen molar-refractivity contribution in [3.8, 4) is 0 Å². The number of hydrogen-bond donors (Lipinski definition) is 3. The first-order valence-corrected chi connectivity index (χ1v) is 6.60. The van der Waals surface area contributed by atoms with Gasteiger partial charge in [-0.1, -0.05) is 18.6 Å². The van der Waals surface area contributed by atoms with E-state index in [1.54, 1.807) is 12.3 Å². The van der Waals surface area contributed by atoms with Gasteiger partial charge < -0.3 is 10.4 Å². The van der Waals surface area contributed by atoms with Crippen LogP contribution in [-0.2, 0) is 4.79 Å². The van der Waals surface area contributed by atoms with Gasteiger partial charge in [-0.25, -0.2) is 0 Å². The summed E-state index contributed by atoms with van der Waals surface area (Å²) in [5.74, 6) is -0.918. The van der Waals surface area contributed by atoms with Crippen molar-refractivity contribution < 1.29 is 14.7 Å². The smallest absolute Gasteiger partial charge is 0.303 e. The Morgan fingerprint density at radius 1 is 1.25 bits per heavy atom. The number of unbranched alkanes of at least 4 members (excludes halogenated alkanes) is 2. The minimum atomic E-state index is -0.778. The Kier molecular flexibility index (Phi) is 4.70. The second-order valence-corrected chi connectivity index (χ2v) is 4.60. The zero-order valence-electron chi connectivity index (χ0n) is 11.1. The van der Waals surface area contributed by atoms with Gasteiger partial charge in [-0.3, -0.25) is 14.7 Å². The third-order valence-electron chi connectivity index (χ3n) is 3.07. The van der Waals surface area contributed by atoms with Gasteiger partial charge in [0, 0.05) is 18.4 Å². The van der Waals surface area contributed by atoms with Gasteiger partial charge >= 0.3 is 5.97 Å². The Labute approximate surface area is 116 Å². The lowest BCUT2D eigenvalue weighted by Crippen LogP contribution is -2.24. The Hall–Kier alpha value is -2.37. The van der Waals surface area contributed by atoms with E-state index in [9.17, 15) is 9.59 Å². The largest absolute Gasteiger partial charge is 0.481 e. The summed E-state index contributed by atoms with van der Waals surface area (Å²) < 4.78 is 0. The van der Waals surface area contributed by atoms with Crippen molar-refractivity contribution in [1.29, 1.82) is 0 Å². The van der Waals surface area contributed by atoms with Gasteiger partial charge in [0.15, 0.2) is 0 Å². The Morgan fingerprint density at radius 2 is 2.10 bits per heavy atom. The van der Waals surface area contributed by atoms with Crippen molar-refractivity contribution in [2.45, 2.75) is 25.7 Å². The van der Waals surface area contributed by atoms with E-state index in [-0.39, 0.29) is 12.3 Å². The van der Waals surface area contributed by atoms with Crippen LogP contribution in [0.1, 0.15) is 36.0 Å². The maximum atomic E-state index is 12.0. The number of nitrogens with one attached hydrogen (secondary N) is 2. The molecule has 0 radical (unpaired) electrons. The molecule has 0 unspecified atom stereocenters. The predicted molar refractivity (Wildman–Crippen MR) is 74.5 cm³/mol. The number of aliphatic carboxylic acids is 1. The van der Waals surface area contributed by atoms with E-state index in [1.807, 2.05) is 12.1 Å². The molecule has 0 bridgehead atoms. The van der Waals surface area contributed by atoms with E-state index in [4.69, 9.17) is 5.11 Å². The lowest BCUT2D eigenvalue weighted by Gasteiger charge is -2.05. The van der Waals surface area contributed by atoms with E-state index in [1.165, 1.54) is 0 Å². The molecule has 1 aromatic carbocycles. The van der Waals surface area contributed by atoms with Crippen LogP contribution < -0.4 is 5.32 Å². The Balaban J connectivity index is 1.80. The highest BCUT2D eigenvalue weighted by atomic mass is 16.4. The molecule has 6 nitrogen and oxygen atoms in total. The summed E-state index contributed by atoms with van der Waals surface area (Å²) in [5, 5.41) is 19.0. The maximum Gasteiger partial charge on any atom is 0.303 e. The number of carboxylic acids is 1. The van der Waals surface area contributed by atoms with Crippen molar-refractivity contribution in [3.63, 3.8) is 0 Å². The van der Waals surface area contributed by atoms with Gasteiger partial charge in [0.05, 0.1) is 17.3 Å². The fourth-order valence-corrected chi connectivity index (χ4v) is 2.03. The molecule has 0 saturated carbocycles. The average Bonchev–Trinajstić information content (AvgIpc) is 2.90. The molecule has 2 rings (SSSR count). The van der Waals surface area contributed by atoms with E-state index in [0.717, 1.165) is 23.7 Å². The lowest BCUT2D eigenvalue weighted by atomic mass is 10.1. The highest BCUT2D eigenvalue weighted by Crippen LogP contribution is 2.15. The number of benzene rings is 1. The number of carboxylic acid groups (broad SMARTS) is 1. The number of amides is 1. The molecule has 20 heavy (non-hydrogen) atoms. The van der Waals surface area contributed by atoms with Crippen LogP contribution in [0.2, 0.25) is 0 Å². The topological polar surface area (TPSA) is 95.1 Å². The third-order valence-corrected chi connectivity index (χ3v) is 3.07. The molecule has 1 amide bonds. The first-order valence-electron chi connectivity index (χ1n) is 6.60. The molecule has 6 heteroatoms. The van der Waals surface area contributed by atoms with Crippen LogP contribution in [0.4, 0.5) is 0 Å². The van der Waals surface area contributed by atoms with E-state index in [0.29, 0.717) is 18.5 Å². The minimum absolute atomic E-state index is 0.141. The molecule has 106 valence electrons. The second kappa shape index (κ2) is 6.70. The van der Waals surface area contributed by atoms with E-state index in [2.05, 4.69) is 15.5 Å². The number of carbonyl (C=O) groups is 2. The molecule has 3 N–H and O–H groups in total. The number of aromatic nitrogens is 2. The highest BCUT2D eigenvalue weighted by molar-refractivity contribution is 6.05. The molecule has 0 aliphatic carbocycles. The summed E-state index contributed by atoms with van der Waals surface area (Å²) in [6, 6.07) is 5.46. The van der Waals surface area contributed by atoms with Crippen LogP contribution in [0.3, 0.4) is 0 Å². The van der Waals surface area contributed by atoms with Crippen LogP contribution >= 0.6 is 0 Å². The van der Waals surface area contributed by atoms with Gasteiger partial charge in [0.2, 0.25) is 0 Å². The molecule has 0 aliphatic rings. The van der Waals surface area contributed by atoms with Crippen molar-refractivity contribution in [3.05, 3.63) is 30.0 Å². The fourth-order valence-electron chi connectivity index (χ4n) is 2.03. The summed E-state index contributed by atoms with van der Waals surface area (Å²) in [6.07, 6.45) is 4.07. The van der Waals surface area contributed by atoms with Gasteiger partial charge in [0.1, 0.15) is 0 Å². The molecular formula is C14H17N3O3. The van der Waals surface area contributed by atoms with Crippen molar-refractivity contribution in [1.82, 2.24) is 15.5 Å². The second-order valence-electron chi connectivity index (χ2n) is 4.60.